The van der Waals surface area contributed by atoms with Crippen LogP contribution in [0.25, 0.3) is 0 Å². The Morgan fingerprint density at radius 1 is 1.23 bits per heavy atom. The van der Waals surface area contributed by atoms with Crippen LogP contribution in [0.4, 0.5) is 5.00 Å². The van der Waals surface area contributed by atoms with E-state index in [4.69, 9.17) is 16.3 Å². The van der Waals surface area contributed by atoms with Crippen LogP contribution in [0.5, 0.6) is 11.5 Å². The number of fused-ring (bicyclic) bond motifs is 1. The summed E-state index contributed by atoms with van der Waals surface area (Å²) >= 11 is 7.72. The van der Waals surface area contributed by atoms with Gasteiger partial charge in [-0.15, -0.1) is 11.3 Å². The lowest BCUT2D eigenvalue weighted by molar-refractivity contribution is 0.0927. The molecule has 0 aliphatic heterocycles. The number of aryl methyl sites for hydroxylation is 1. The highest BCUT2D eigenvalue weighted by Gasteiger charge is 2.27. The molecule has 0 spiro atoms. The van der Waals surface area contributed by atoms with Gasteiger partial charge in [-0.2, -0.15) is 0 Å². The molecule has 0 radical (unpaired) electrons. The second kappa shape index (κ2) is 9.40. The summed E-state index contributed by atoms with van der Waals surface area (Å²) in [4.78, 5) is 19.2. The third-order valence-corrected chi connectivity index (χ3v) is 7.41. The fraction of sp³-hybridized carbons (Fsp3) is 0.478. The SMILES string of the molecule is COc1cc(C=Nc2sc3c(c2C(=O)NC2CCCCC2)CCCC3)cc(Cl)c1O. The van der Waals surface area contributed by atoms with E-state index < -0.39 is 0 Å². The fourth-order valence-electron chi connectivity index (χ4n) is 4.34. The fourth-order valence-corrected chi connectivity index (χ4v) is 5.79. The highest BCUT2D eigenvalue weighted by molar-refractivity contribution is 7.16. The minimum absolute atomic E-state index is 0.00905. The van der Waals surface area contributed by atoms with E-state index in [1.165, 1.54) is 36.8 Å². The number of aromatic hydroxyl groups is 1. The molecule has 1 amide bonds. The van der Waals surface area contributed by atoms with Gasteiger partial charge >= 0.3 is 0 Å². The Bertz CT molecular complexity index is 964. The second-order valence-corrected chi connectivity index (χ2v) is 9.50. The van der Waals surface area contributed by atoms with Crippen LogP contribution >= 0.6 is 22.9 Å². The number of hydrogen-bond acceptors (Lipinski definition) is 5. The summed E-state index contributed by atoms with van der Waals surface area (Å²) in [6.45, 7) is 0. The molecule has 1 aromatic carbocycles. The molecule has 0 bridgehead atoms. The molecule has 4 rings (SSSR count). The van der Waals surface area contributed by atoms with Crippen molar-refractivity contribution < 1.29 is 14.6 Å². The molecule has 1 aromatic heterocycles. The van der Waals surface area contributed by atoms with E-state index in [-0.39, 0.29) is 22.7 Å². The van der Waals surface area contributed by atoms with Crippen molar-refractivity contribution in [1.82, 2.24) is 5.32 Å². The molecule has 2 N–H and O–H groups in total. The normalized spacial score (nSPS) is 17.1. The van der Waals surface area contributed by atoms with Crippen LogP contribution in [0.2, 0.25) is 5.02 Å². The molecule has 0 unspecified atom stereocenters. The second-order valence-electron chi connectivity index (χ2n) is 8.01. The molecule has 5 nitrogen and oxygen atoms in total. The molecule has 2 aliphatic rings. The largest absolute Gasteiger partial charge is 0.503 e. The van der Waals surface area contributed by atoms with Crippen LogP contribution in [0.1, 0.15) is 71.3 Å². The Morgan fingerprint density at radius 2 is 2.00 bits per heavy atom. The van der Waals surface area contributed by atoms with Gasteiger partial charge in [0, 0.05) is 17.1 Å². The lowest BCUT2D eigenvalue weighted by Gasteiger charge is -2.23. The van der Waals surface area contributed by atoms with Crippen molar-refractivity contribution in [2.75, 3.05) is 7.11 Å². The van der Waals surface area contributed by atoms with Crippen LogP contribution < -0.4 is 10.1 Å². The summed E-state index contributed by atoms with van der Waals surface area (Å²) in [6.07, 6.45) is 11.6. The molecule has 2 aliphatic carbocycles. The van der Waals surface area contributed by atoms with Gasteiger partial charge in [-0.3, -0.25) is 4.79 Å². The maximum Gasteiger partial charge on any atom is 0.254 e. The average Bonchev–Trinajstić information content (AvgIpc) is 3.13. The quantitative estimate of drug-likeness (QED) is 0.569. The van der Waals surface area contributed by atoms with E-state index in [0.717, 1.165) is 49.1 Å². The van der Waals surface area contributed by atoms with Crippen molar-refractivity contribution >= 4 is 40.1 Å². The molecule has 0 saturated heterocycles. The standard InChI is InChI=1S/C23H27ClN2O3S/c1-29-18-12-14(11-17(24)21(18)27)13-25-23-20(16-9-5-6-10-19(16)30-23)22(28)26-15-7-3-2-4-8-15/h11-13,15,27H,2-10H2,1H3,(H,26,28). The van der Waals surface area contributed by atoms with Gasteiger partial charge in [-0.25, -0.2) is 4.99 Å². The number of carbonyl (C=O) groups is 1. The maximum absolute atomic E-state index is 13.2. The van der Waals surface area contributed by atoms with Crippen molar-refractivity contribution in [3.05, 3.63) is 38.7 Å². The predicted molar refractivity (Wildman–Crippen MR) is 122 cm³/mol. The van der Waals surface area contributed by atoms with E-state index in [1.54, 1.807) is 29.7 Å². The Balaban J connectivity index is 1.64. The van der Waals surface area contributed by atoms with Crippen molar-refractivity contribution in [3.8, 4) is 11.5 Å². The molecule has 2 aromatic rings. The number of methoxy groups -OCH3 is 1. The predicted octanol–water partition coefficient (Wildman–Crippen LogP) is 5.81. The first-order valence-electron chi connectivity index (χ1n) is 10.6. The van der Waals surface area contributed by atoms with E-state index in [1.807, 2.05) is 0 Å². The molecule has 160 valence electrons. The number of thiophene rings is 1. The number of phenolic OH excluding ortho intramolecular Hbond substituents is 1. The van der Waals surface area contributed by atoms with Crippen LogP contribution in [0.3, 0.4) is 0 Å². The molecule has 1 heterocycles. The monoisotopic (exact) mass is 446 g/mol. The summed E-state index contributed by atoms with van der Waals surface area (Å²) in [6, 6.07) is 3.58. The first kappa shape index (κ1) is 21.2. The zero-order chi connectivity index (χ0) is 21.1. The molecule has 30 heavy (non-hydrogen) atoms. The lowest BCUT2D eigenvalue weighted by atomic mass is 9.93. The van der Waals surface area contributed by atoms with Crippen molar-refractivity contribution in [1.29, 1.82) is 0 Å². The number of phenols is 1. The summed E-state index contributed by atoms with van der Waals surface area (Å²) in [5.41, 5.74) is 2.63. The molecule has 1 fully saturated rings. The number of carbonyl (C=O) groups excluding carboxylic acids is 1. The summed E-state index contributed by atoms with van der Waals surface area (Å²) in [5, 5.41) is 14.2. The number of hydrogen-bond donors (Lipinski definition) is 2. The highest BCUT2D eigenvalue weighted by atomic mass is 35.5. The first-order chi connectivity index (χ1) is 14.6. The van der Waals surface area contributed by atoms with Crippen LogP contribution in [0.15, 0.2) is 17.1 Å². The molecular weight excluding hydrogens is 420 g/mol. The number of amides is 1. The van der Waals surface area contributed by atoms with Gasteiger partial charge in [0.25, 0.3) is 5.91 Å². The zero-order valence-corrected chi connectivity index (χ0v) is 18.7. The Kier molecular flexibility index (Phi) is 6.64. The highest BCUT2D eigenvalue weighted by Crippen LogP contribution is 2.40. The minimum Gasteiger partial charge on any atom is -0.503 e. The van der Waals surface area contributed by atoms with E-state index in [0.29, 0.717) is 11.3 Å². The van der Waals surface area contributed by atoms with Crippen molar-refractivity contribution in [3.63, 3.8) is 0 Å². The molecule has 7 heteroatoms. The maximum atomic E-state index is 13.2. The van der Waals surface area contributed by atoms with Gasteiger partial charge in [0.2, 0.25) is 0 Å². The van der Waals surface area contributed by atoms with Crippen molar-refractivity contribution in [2.45, 2.75) is 63.8 Å². The Labute approximate surface area is 186 Å². The lowest BCUT2D eigenvalue weighted by Crippen LogP contribution is -2.36. The topological polar surface area (TPSA) is 70.9 Å². The van der Waals surface area contributed by atoms with Crippen LogP contribution in [-0.2, 0) is 12.8 Å². The van der Waals surface area contributed by atoms with Crippen molar-refractivity contribution in [2.24, 2.45) is 4.99 Å². The summed E-state index contributed by atoms with van der Waals surface area (Å²) in [7, 11) is 1.48. The van der Waals surface area contributed by atoms with Gasteiger partial charge in [0.05, 0.1) is 17.7 Å². The van der Waals surface area contributed by atoms with Gasteiger partial charge < -0.3 is 15.2 Å². The third kappa shape index (κ3) is 4.49. The molecular formula is C23H27ClN2O3S. The number of aliphatic imine (C=N–C) groups is 1. The van der Waals surface area contributed by atoms with Gasteiger partial charge in [-0.05, 0) is 61.8 Å². The summed E-state index contributed by atoms with van der Waals surface area (Å²) in [5.74, 6) is 0.218. The Morgan fingerprint density at radius 3 is 2.77 bits per heavy atom. The smallest absolute Gasteiger partial charge is 0.254 e. The minimum atomic E-state index is -0.0875. The first-order valence-corrected chi connectivity index (χ1v) is 11.8. The Hall–Kier alpha value is -2.05. The number of halogens is 1. The van der Waals surface area contributed by atoms with Gasteiger partial charge in [-0.1, -0.05) is 30.9 Å². The number of benzene rings is 1. The zero-order valence-electron chi connectivity index (χ0n) is 17.2. The van der Waals surface area contributed by atoms with E-state index in [2.05, 4.69) is 10.3 Å². The van der Waals surface area contributed by atoms with Gasteiger partial charge in [0.15, 0.2) is 11.5 Å². The number of ether oxygens (including phenoxy) is 1. The third-order valence-electron chi connectivity index (χ3n) is 5.92. The molecule has 0 atom stereocenters. The average molecular weight is 447 g/mol. The van der Waals surface area contributed by atoms with E-state index >= 15 is 0 Å². The van der Waals surface area contributed by atoms with Gasteiger partial charge in [0.1, 0.15) is 5.00 Å². The van der Waals surface area contributed by atoms with Crippen LogP contribution in [-0.4, -0.2) is 30.4 Å². The summed E-state index contributed by atoms with van der Waals surface area (Å²) < 4.78 is 5.17. The number of rotatable bonds is 5. The van der Waals surface area contributed by atoms with E-state index in [9.17, 15) is 9.90 Å². The van der Waals surface area contributed by atoms with Crippen LogP contribution in [0, 0.1) is 0 Å². The number of nitrogens with one attached hydrogen (secondary N) is 1. The number of nitrogens with zero attached hydrogens (tertiary/aromatic N) is 1. The molecule has 1 saturated carbocycles.